The number of carbonyl (C=O) groups is 2. The number of nitrogens with zero attached hydrogens (tertiary/aromatic N) is 4. The number of benzene rings is 2. The number of carbonyl (C=O) groups excluding carboxylic acids is 2. The van der Waals surface area contributed by atoms with Crippen LogP contribution in [0.3, 0.4) is 0 Å². The molecule has 31 heavy (non-hydrogen) atoms. The molecular weight excluding hydrogens is 392 g/mol. The normalized spacial score (nSPS) is 13.9. The maximum Gasteiger partial charge on any atom is 0.278 e. The minimum atomic E-state index is -0.145. The summed E-state index contributed by atoms with van der Waals surface area (Å²) in [5, 5.41) is 14.0. The Morgan fingerprint density at radius 3 is 2.26 bits per heavy atom. The molecule has 2 aromatic carbocycles. The van der Waals surface area contributed by atoms with E-state index in [0.717, 1.165) is 17.8 Å². The number of aromatic amines is 1. The first-order valence-corrected chi connectivity index (χ1v) is 10.5. The fourth-order valence-corrected chi connectivity index (χ4v) is 3.65. The summed E-state index contributed by atoms with van der Waals surface area (Å²) in [6.07, 6.45) is 0.973. The van der Waals surface area contributed by atoms with Crippen LogP contribution in [-0.2, 0) is 6.42 Å². The Kier molecular flexibility index (Phi) is 5.97. The van der Waals surface area contributed by atoms with Gasteiger partial charge in [0, 0.05) is 43.1 Å². The summed E-state index contributed by atoms with van der Waals surface area (Å²) in [5.74, 6) is 0.338. The van der Waals surface area contributed by atoms with E-state index in [1.165, 1.54) is 5.56 Å². The monoisotopic (exact) mass is 418 g/mol. The largest absolute Gasteiger partial charge is 0.368 e. The Morgan fingerprint density at radius 2 is 1.65 bits per heavy atom. The van der Waals surface area contributed by atoms with Crippen LogP contribution >= 0.6 is 0 Å². The standard InChI is InChI=1S/C23H26N6O2/c1-3-17-4-8-19(9-5-17)24-22-21(25-27-26-22)23(31)29-14-12-28(13-15-29)20-10-6-18(7-11-20)16(2)30/h4-11H,3,12-15H2,1-2H3,(H2,24,25,26,27). The Labute approximate surface area is 181 Å². The van der Waals surface area contributed by atoms with Gasteiger partial charge in [0.1, 0.15) is 0 Å². The zero-order valence-corrected chi connectivity index (χ0v) is 17.8. The predicted molar refractivity (Wildman–Crippen MR) is 120 cm³/mol. The molecule has 1 saturated heterocycles. The number of hydrogen-bond donors (Lipinski definition) is 2. The summed E-state index contributed by atoms with van der Waals surface area (Å²) in [4.78, 5) is 28.5. The van der Waals surface area contributed by atoms with Crippen LogP contribution in [0.5, 0.6) is 0 Å². The second-order valence-electron chi connectivity index (χ2n) is 7.58. The van der Waals surface area contributed by atoms with Crippen LogP contribution in [0.15, 0.2) is 48.5 Å². The summed E-state index contributed by atoms with van der Waals surface area (Å²) >= 11 is 0. The van der Waals surface area contributed by atoms with Crippen molar-refractivity contribution in [2.75, 3.05) is 36.4 Å². The second kappa shape index (κ2) is 8.99. The van der Waals surface area contributed by atoms with Crippen molar-refractivity contribution < 1.29 is 9.59 Å². The average Bonchev–Trinajstić information content (AvgIpc) is 3.27. The number of nitrogens with one attached hydrogen (secondary N) is 2. The van der Waals surface area contributed by atoms with Crippen molar-refractivity contribution in [3.63, 3.8) is 0 Å². The van der Waals surface area contributed by atoms with E-state index >= 15 is 0 Å². The number of hydrogen-bond acceptors (Lipinski definition) is 6. The summed E-state index contributed by atoms with van der Waals surface area (Å²) in [7, 11) is 0. The van der Waals surface area contributed by atoms with Crippen LogP contribution in [0.25, 0.3) is 0 Å². The minimum absolute atomic E-state index is 0.0558. The van der Waals surface area contributed by atoms with Crippen LogP contribution in [0.1, 0.15) is 40.3 Å². The molecule has 0 unspecified atom stereocenters. The van der Waals surface area contributed by atoms with Gasteiger partial charge in [0.15, 0.2) is 17.3 Å². The van der Waals surface area contributed by atoms with Gasteiger partial charge in [-0.25, -0.2) is 0 Å². The Bertz CT molecular complexity index is 1050. The van der Waals surface area contributed by atoms with E-state index in [-0.39, 0.29) is 11.7 Å². The highest BCUT2D eigenvalue weighted by atomic mass is 16.2. The molecule has 160 valence electrons. The van der Waals surface area contributed by atoms with Crippen molar-refractivity contribution in [3.05, 3.63) is 65.4 Å². The number of ketones is 1. The topological polar surface area (TPSA) is 94.2 Å². The Morgan fingerprint density at radius 1 is 0.968 bits per heavy atom. The van der Waals surface area contributed by atoms with Gasteiger partial charge in [-0.05, 0) is 55.3 Å². The maximum atomic E-state index is 13.0. The van der Waals surface area contributed by atoms with Gasteiger partial charge in [-0.3, -0.25) is 9.59 Å². The van der Waals surface area contributed by atoms with Gasteiger partial charge in [0.2, 0.25) is 0 Å². The average molecular weight is 419 g/mol. The number of Topliss-reactive ketones (excluding diaryl/α,β-unsaturated/α-hetero) is 1. The van der Waals surface area contributed by atoms with Crippen LogP contribution < -0.4 is 10.2 Å². The lowest BCUT2D eigenvalue weighted by Crippen LogP contribution is -2.49. The molecule has 0 aliphatic carbocycles. The van der Waals surface area contributed by atoms with Gasteiger partial charge in [0.25, 0.3) is 5.91 Å². The van der Waals surface area contributed by atoms with Gasteiger partial charge in [0.05, 0.1) is 0 Å². The number of H-pyrrole nitrogens is 1. The van der Waals surface area contributed by atoms with Gasteiger partial charge >= 0.3 is 0 Å². The molecule has 3 aromatic rings. The van der Waals surface area contributed by atoms with E-state index in [0.29, 0.717) is 43.3 Å². The third-order valence-corrected chi connectivity index (χ3v) is 5.58. The van der Waals surface area contributed by atoms with Gasteiger partial charge in [-0.2, -0.15) is 5.21 Å². The van der Waals surface area contributed by atoms with E-state index in [1.54, 1.807) is 11.8 Å². The lowest BCUT2D eigenvalue weighted by molar-refractivity contribution is 0.0741. The summed E-state index contributed by atoms with van der Waals surface area (Å²) in [5.41, 5.74) is 4.15. The summed E-state index contributed by atoms with van der Waals surface area (Å²) in [6, 6.07) is 15.6. The van der Waals surface area contributed by atoms with Crippen molar-refractivity contribution in [1.82, 2.24) is 20.3 Å². The van der Waals surface area contributed by atoms with Crippen LogP contribution in [0, 0.1) is 0 Å². The number of anilines is 3. The fraction of sp³-hybridized carbons (Fsp3) is 0.304. The van der Waals surface area contributed by atoms with Crippen molar-refractivity contribution >= 4 is 28.9 Å². The Hall–Kier alpha value is -3.68. The molecule has 1 fully saturated rings. The zero-order chi connectivity index (χ0) is 21.8. The lowest BCUT2D eigenvalue weighted by atomic mass is 10.1. The molecule has 2 heterocycles. The third kappa shape index (κ3) is 4.58. The molecule has 0 spiro atoms. The highest BCUT2D eigenvalue weighted by Crippen LogP contribution is 2.21. The highest BCUT2D eigenvalue weighted by Gasteiger charge is 2.26. The van der Waals surface area contributed by atoms with Crippen molar-refractivity contribution in [2.24, 2.45) is 0 Å². The predicted octanol–water partition coefficient (Wildman–Crippen LogP) is 3.28. The first-order chi connectivity index (χ1) is 15.0. The highest BCUT2D eigenvalue weighted by molar-refractivity contribution is 5.97. The molecule has 8 nitrogen and oxygen atoms in total. The molecule has 1 aliphatic heterocycles. The van der Waals surface area contributed by atoms with E-state index in [4.69, 9.17) is 0 Å². The van der Waals surface area contributed by atoms with E-state index in [1.807, 2.05) is 48.5 Å². The molecule has 2 N–H and O–H groups in total. The van der Waals surface area contributed by atoms with Crippen LogP contribution in [-0.4, -0.2) is 58.2 Å². The molecule has 0 saturated carbocycles. The van der Waals surface area contributed by atoms with Crippen molar-refractivity contribution in [2.45, 2.75) is 20.3 Å². The second-order valence-corrected chi connectivity index (χ2v) is 7.58. The quantitative estimate of drug-likeness (QED) is 0.597. The maximum absolute atomic E-state index is 13.0. The van der Waals surface area contributed by atoms with E-state index in [2.05, 4.69) is 32.6 Å². The van der Waals surface area contributed by atoms with Crippen LogP contribution in [0.4, 0.5) is 17.2 Å². The number of amides is 1. The first-order valence-electron chi connectivity index (χ1n) is 10.5. The van der Waals surface area contributed by atoms with Crippen LogP contribution in [0.2, 0.25) is 0 Å². The molecule has 0 bridgehead atoms. The summed E-state index contributed by atoms with van der Waals surface area (Å²) < 4.78 is 0. The van der Waals surface area contributed by atoms with Gasteiger partial charge in [-0.15, -0.1) is 10.2 Å². The number of aryl methyl sites for hydroxylation is 1. The van der Waals surface area contributed by atoms with E-state index in [9.17, 15) is 9.59 Å². The number of piperazine rings is 1. The molecule has 4 rings (SSSR count). The molecular formula is C23H26N6O2. The van der Waals surface area contributed by atoms with E-state index < -0.39 is 0 Å². The Balaban J connectivity index is 1.39. The van der Waals surface area contributed by atoms with Gasteiger partial charge in [-0.1, -0.05) is 19.1 Å². The first kappa shape index (κ1) is 20.6. The zero-order valence-electron chi connectivity index (χ0n) is 17.8. The fourth-order valence-electron chi connectivity index (χ4n) is 3.65. The van der Waals surface area contributed by atoms with Gasteiger partial charge < -0.3 is 15.1 Å². The minimum Gasteiger partial charge on any atom is -0.368 e. The number of aromatic nitrogens is 3. The third-order valence-electron chi connectivity index (χ3n) is 5.58. The summed E-state index contributed by atoms with van der Waals surface area (Å²) in [6.45, 7) is 6.27. The molecule has 0 radical (unpaired) electrons. The number of rotatable bonds is 6. The molecule has 0 atom stereocenters. The smallest absolute Gasteiger partial charge is 0.278 e. The molecule has 8 heteroatoms. The van der Waals surface area contributed by atoms with Crippen molar-refractivity contribution in [1.29, 1.82) is 0 Å². The molecule has 1 aliphatic rings. The van der Waals surface area contributed by atoms with Crippen molar-refractivity contribution in [3.8, 4) is 0 Å². The SMILES string of the molecule is CCc1ccc(Nc2n[nH]nc2C(=O)N2CCN(c3ccc(C(C)=O)cc3)CC2)cc1. The molecule has 1 aromatic heterocycles. The lowest BCUT2D eigenvalue weighted by Gasteiger charge is -2.35. The molecule has 1 amide bonds.